The van der Waals surface area contributed by atoms with E-state index in [1.165, 1.54) is 29.2 Å². The van der Waals surface area contributed by atoms with Crippen molar-refractivity contribution in [3.05, 3.63) is 111 Å². The number of amides is 1. The van der Waals surface area contributed by atoms with E-state index >= 15 is 0 Å². The van der Waals surface area contributed by atoms with E-state index < -0.39 is 22.7 Å². The van der Waals surface area contributed by atoms with Gasteiger partial charge in [-0.3, -0.25) is 19.7 Å². The van der Waals surface area contributed by atoms with E-state index in [0.29, 0.717) is 23.5 Å². The van der Waals surface area contributed by atoms with Crippen molar-refractivity contribution < 1.29 is 24.4 Å². The third kappa shape index (κ3) is 4.91. The SMILES string of the molecule is CCCOc1ccc(C(O)=C2C(=O)C(=O)N(Cc3ccccc3)C2c2ccc([N+](=O)[O-])cc2)cc1. The van der Waals surface area contributed by atoms with Gasteiger partial charge in [0, 0.05) is 24.2 Å². The number of ketones is 1. The summed E-state index contributed by atoms with van der Waals surface area (Å²) in [4.78, 5) is 38.2. The predicted molar refractivity (Wildman–Crippen MR) is 130 cm³/mol. The molecule has 4 rings (SSSR count). The van der Waals surface area contributed by atoms with Crippen LogP contribution < -0.4 is 4.74 Å². The Morgan fingerprint density at radius 3 is 2.26 bits per heavy atom. The minimum atomic E-state index is -0.910. The minimum absolute atomic E-state index is 0.0676. The molecule has 1 saturated heterocycles. The number of ether oxygens (including phenoxy) is 1. The zero-order valence-corrected chi connectivity index (χ0v) is 19.1. The van der Waals surface area contributed by atoms with Crippen LogP contribution in [-0.4, -0.2) is 33.2 Å². The predicted octanol–water partition coefficient (Wildman–Crippen LogP) is 5.01. The summed E-state index contributed by atoms with van der Waals surface area (Å²) in [6, 6.07) is 20.5. The highest BCUT2D eigenvalue weighted by Gasteiger charge is 2.46. The number of Topliss-reactive ketones (excluding diaryl/α,β-unsaturated/α-hetero) is 1. The number of nitro groups is 1. The molecule has 1 unspecified atom stereocenters. The number of carbonyl (C=O) groups excluding carboxylic acids is 2. The van der Waals surface area contributed by atoms with Crippen molar-refractivity contribution in [2.24, 2.45) is 0 Å². The summed E-state index contributed by atoms with van der Waals surface area (Å²) in [7, 11) is 0. The van der Waals surface area contributed by atoms with E-state index in [9.17, 15) is 24.8 Å². The molecule has 0 saturated carbocycles. The molecular weight excluding hydrogens is 448 g/mol. The van der Waals surface area contributed by atoms with E-state index in [4.69, 9.17) is 4.74 Å². The van der Waals surface area contributed by atoms with Gasteiger partial charge < -0.3 is 14.7 Å². The molecule has 1 fully saturated rings. The van der Waals surface area contributed by atoms with Crippen molar-refractivity contribution in [3.8, 4) is 5.75 Å². The highest BCUT2D eigenvalue weighted by atomic mass is 16.6. The monoisotopic (exact) mass is 472 g/mol. The van der Waals surface area contributed by atoms with Gasteiger partial charge in [-0.1, -0.05) is 37.3 Å². The molecule has 1 N–H and O–H groups in total. The highest BCUT2D eigenvalue weighted by Crippen LogP contribution is 2.40. The van der Waals surface area contributed by atoms with E-state index in [2.05, 4.69) is 0 Å². The number of non-ortho nitro benzene ring substituents is 1. The van der Waals surface area contributed by atoms with Gasteiger partial charge in [0.2, 0.25) is 0 Å². The van der Waals surface area contributed by atoms with Gasteiger partial charge in [-0.15, -0.1) is 0 Å². The number of likely N-dealkylation sites (tertiary alicyclic amines) is 1. The fourth-order valence-electron chi connectivity index (χ4n) is 4.03. The van der Waals surface area contributed by atoms with Crippen molar-refractivity contribution >= 4 is 23.1 Å². The molecule has 35 heavy (non-hydrogen) atoms. The molecule has 0 aromatic heterocycles. The standard InChI is InChI=1S/C27H24N2O6/c1-2-16-35-22-14-10-20(11-15-22)25(30)23-24(19-8-12-21(13-9-19)29(33)34)28(27(32)26(23)31)17-18-6-4-3-5-7-18/h3-15,24,30H,2,16-17H2,1H3. The molecule has 1 heterocycles. The molecule has 0 bridgehead atoms. The van der Waals surface area contributed by atoms with Gasteiger partial charge in [0.1, 0.15) is 11.5 Å². The van der Waals surface area contributed by atoms with Crippen LogP contribution in [0.2, 0.25) is 0 Å². The molecule has 178 valence electrons. The summed E-state index contributed by atoms with van der Waals surface area (Å²) in [5.41, 5.74) is 1.46. The lowest BCUT2D eigenvalue weighted by Gasteiger charge is -2.25. The Bertz CT molecular complexity index is 1270. The smallest absolute Gasteiger partial charge is 0.295 e. The van der Waals surface area contributed by atoms with Gasteiger partial charge in [0.05, 0.1) is 23.1 Å². The quantitative estimate of drug-likeness (QED) is 0.162. The van der Waals surface area contributed by atoms with E-state index in [0.717, 1.165) is 12.0 Å². The van der Waals surface area contributed by atoms with Gasteiger partial charge in [-0.05, 0) is 53.9 Å². The summed E-state index contributed by atoms with van der Waals surface area (Å²) < 4.78 is 5.58. The third-order valence-corrected chi connectivity index (χ3v) is 5.76. The van der Waals surface area contributed by atoms with Crippen LogP contribution in [0, 0.1) is 10.1 Å². The van der Waals surface area contributed by atoms with E-state index in [1.54, 1.807) is 24.3 Å². The van der Waals surface area contributed by atoms with Gasteiger partial charge in [0.15, 0.2) is 0 Å². The first-order valence-electron chi connectivity index (χ1n) is 11.2. The average Bonchev–Trinajstić information content (AvgIpc) is 3.13. The highest BCUT2D eigenvalue weighted by molar-refractivity contribution is 6.46. The Hall–Kier alpha value is -4.46. The molecule has 0 aliphatic carbocycles. The number of benzene rings is 3. The number of hydrogen-bond acceptors (Lipinski definition) is 6. The number of hydrogen-bond donors (Lipinski definition) is 1. The lowest BCUT2D eigenvalue weighted by Crippen LogP contribution is -2.29. The molecule has 0 radical (unpaired) electrons. The molecule has 8 nitrogen and oxygen atoms in total. The molecule has 1 aliphatic heterocycles. The Kier molecular flexibility index (Phi) is 6.91. The van der Waals surface area contributed by atoms with Crippen molar-refractivity contribution in [1.82, 2.24) is 4.90 Å². The van der Waals surface area contributed by atoms with Crippen molar-refractivity contribution in [2.75, 3.05) is 6.61 Å². The Balaban J connectivity index is 1.79. The molecule has 0 spiro atoms. The van der Waals surface area contributed by atoms with Gasteiger partial charge in [0.25, 0.3) is 17.4 Å². The lowest BCUT2D eigenvalue weighted by atomic mass is 9.95. The number of nitrogens with zero attached hydrogens (tertiary/aromatic N) is 2. The average molecular weight is 472 g/mol. The van der Waals surface area contributed by atoms with Crippen molar-refractivity contribution in [2.45, 2.75) is 25.9 Å². The van der Waals surface area contributed by atoms with Crippen LogP contribution in [0.3, 0.4) is 0 Å². The Labute approximate surface area is 202 Å². The molecule has 3 aromatic carbocycles. The second-order valence-electron chi connectivity index (χ2n) is 8.13. The van der Waals surface area contributed by atoms with Crippen LogP contribution >= 0.6 is 0 Å². The van der Waals surface area contributed by atoms with Crippen LogP contribution in [-0.2, 0) is 16.1 Å². The second-order valence-corrected chi connectivity index (χ2v) is 8.13. The maximum Gasteiger partial charge on any atom is 0.295 e. The Morgan fingerprint density at radius 1 is 1.00 bits per heavy atom. The van der Waals surface area contributed by atoms with Crippen LogP contribution in [0.1, 0.15) is 36.1 Å². The first kappa shape index (κ1) is 23.7. The molecule has 8 heteroatoms. The fraction of sp³-hybridized carbons (Fsp3) is 0.185. The van der Waals surface area contributed by atoms with Crippen molar-refractivity contribution in [1.29, 1.82) is 0 Å². The fourth-order valence-corrected chi connectivity index (χ4v) is 4.03. The largest absolute Gasteiger partial charge is 0.507 e. The van der Waals surface area contributed by atoms with Gasteiger partial charge >= 0.3 is 0 Å². The molecule has 1 atom stereocenters. The summed E-state index contributed by atoms with van der Waals surface area (Å²) in [6.07, 6.45) is 0.849. The molecule has 1 aliphatic rings. The molecular formula is C27H24N2O6. The van der Waals surface area contributed by atoms with Crippen LogP contribution in [0.4, 0.5) is 5.69 Å². The zero-order chi connectivity index (χ0) is 24.9. The number of nitro benzene ring substituents is 1. The van der Waals surface area contributed by atoms with Gasteiger partial charge in [-0.25, -0.2) is 0 Å². The Morgan fingerprint density at radius 2 is 1.66 bits per heavy atom. The third-order valence-electron chi connectivity index (χ3n) is 5.76. The van der Waals surface area contributed by atoms with E-state index in [-0.39, 0.29) is 23.6 Å². The normalized spacial score (nSPS) is 16.9. The topological polar surface area (TPSA) is 110 Å². The number of aliphatic hydroxyl groups excluding tert-OH is 1. The number of rotatable bonds is 8. The second kappa shape index (κ2) is 10.2. The summed E-state index contributed by atoms with van der Waals surface area (Å²) in [6.45, 7) is 2.68. The summed E-state index contributed by atoms with van der Waals surface area (Å²) in [5.74, 6) is -1.25. The van der Waals surface area contributed by atoms with E-state index in [1.807, 2.05) is 37.3 Å². The van der Waals surface area contributed by atoms with Crippen LogP contribution in [0.5, 0.6) is 5.75 Å². The first-order chi connectivity index (χ1) is 16.9. The lowest BCUT2D eigenvalue weighted by molar-refractivity contribution is -0.384. The van der Waals surface area contributed by atoms with Gasteiger partial charge in [-0.2, -0.15) is 0 Å². The number of carbonyl (C=O) groups is 2. The minimum Gasteiger partial charge on any atom is -0.507 e. The first-order valence-corrected chi connectivity index (χ1v) is 11.2. The maximum atomic E-state index is 13.1. The maximum absolute atomic E-state index is 13.1. The number of aliphatic hydroxyl groups is 1. The molecule has 1 amide bonds. The summed E-state index contributed by atoms with van der Waals surface area (Å²) in [5, 5.41) is 22.3. The van der Waals surface area contributed by atoms with Crippen LogP contribution in [0.25, 0.3) is 5.76 Å². The van der Waals surface area contributed by atoms with Crippen molar-refractivity contribution in [3.63, 3.8) is 0 Å². The van der Waals surface area contributed by atoms with Crippen LogP contribution in [0.15, 0.2) is 84.4 Å². The molecule has 3 aromatic rings. The summed E-state index contributed by atoms with van der Waals surface area (Å²) >= 11 is 0. The zero-order valence-electron chi connectivity index (χ0n) is 19.1.